The Morgan fingerprint density at radius 2 is 2.05 bits per heavy atom. The van der Waals surface area contributed by atoms with Crippen LogP contribution in [0.1, 0.15) is 52.4 Å². The normalized spacial score (nSPS) is 18.7. The van der Waals surface area contributed by atoms with E-state index in [1.54, 1.807) is 4.90 Å². The molecule has 1 aliphatic heterocycles. The van der Waals surface area contributed by atoms with Gasteiger partial charge in [-0.15, -0.1) is 0 Å². The van der Waals surface area contributed by atoms with Gasteiger partial charge in [0.1, 0.15) is 0 Å². The maximum Gasteiger partial charge on any atom is 0.409 e. The Morgan fingerprint density at radius 1 is 1.25 bits per heavy atom. The average molecular weight is 285 g/mol. The van der Waals surface area contributed by atoms with E-state index >= 15 is 0 Å². The molecule has 1 rings (SSSR count). The molecule has 0 aromatic rings. The van der Waals surface area contributed by atoms with Gasteiger partial charge >= 0.3 is 12.1 Å². The van der Waals surface area contributed by atoms with Crippen LogP contribution in [0.5, 0.6) is 0 Å². The summed E-state index contributed by atoms with van der Waals surface area (Å²) in [5, 5.41) is 0. The zero-order valence-electron chi connectivity index (χ0n) is 12.7. The average Bonchev–Trinajstić information content (AvgIpc) is 2.46. The van der Waals surface area contributed by atoms with Gasteiger partial charge < -0.3 is 14.4 Å². The van der Waals surface area contributed by atoms with Crippen LogP contribution in [0.3, 0.4) is 0 Å². The number of carbonyl (C=O) groups is 2. The number of amides is 1. The van der Waals surface area contributed by atoms with Crippen molar-refractivity contribution < 1.29 is 19.1 Å². The Hall–Kier alpha value is -1.26. The molecular weight excluding hydrogens is 258 g/mol. The Balaban J connectivity index is 2.27. The van der Waals surface area contributed by atoms with Gasteiger partial charge in [0.25, 0.3) is 0 Å². The summed E-state index contributed by atoms with van der Waals surface area (Å²) in [5.74, 6) is 0.238. The van der Waals surface area contributed by atoms with Crippen molar-refractivity contribution in [3.63, 3.8) is 0 Å². The highest BCUT2D eigenvalue weighted by Crippen LogP contribution is 2.21. The number of unbranched alkanes of at least 4 members (excludes halogenated alkanes) is 1. The number of likely N-dealkylation sites (tertiary alicyclic amines) is 1. The minimum Gasteiger partial charge on any atom is -0.466 e. The van der Waals surface area contributed by atoms with Gasteiger partial charge in [-0.2, -0.15) is 0 Å². The lowest BCUT2D eigenvalue weighted by atomic mass is 9.94. The first-order valence-electron chi connectivity index (χ1n) is 7.74. The van der Waals surface area contributed by atoms with Gasteiger partial charge in [-0.05, 0) is 38.5 Å². The summed E-state index contributed by atoms with van der Waals surface area (Å²) in [6.45, 7) is 6.27. The maximum absolute atomic E-state index is 11.9. The molecule has 0 saturated carbocycles. The predicted octanol–water partition coefficient (Wildman–Crippen LogP) is 2.98. The highest BCUT2D eigenvalue weighted by Gasteiger charge is 2.25. The summed E-state index contributed by atoms with van der Waals surface area (Å²) in [6, 6.07) is 0. The topological polar surface area (TPSA) is 55.8 Å². The molecule has 1 heterocycles. The first-order valence-corrected chi connectivity index (χ1v) is 7.74. The minimum atomic E-state index is -0.209. The third kappa shape index (κ3) is 6.26. The summed E-state index contributed by atoms with van der Waals surface area (Å²) >= 11 is 0. The number of nitrogens with zero attached hydrogens (tertiary/aromatic N) is 1. The minimum absolute atomic E-state index is 0.143. The summed E-state index contributed by atoms with van der Waals surface area (Å²) < 4.78 is 10.2. The predicted molar refractivity (Wildman–Crippen MR) is 76.4 cm³/mol. The molecule has 116 valence electrons. The highest BCUT2D eigenvalue weighted by molar-refractivity contribution is 5.69. The highest BCUT2D eigenvalue weighted by atomic mass is 16.6. The zero-order chi connectivity index (χ0) is 14.8. The fourth-order valence-electron chi connectivity index (χ4n) is 2.42. The third-order valence-electron chi connectivity index (χ3n) is 3.56. The van der Waals surface area contributed by atoms with Crippen LogP contribution in [0, 0.1) is 5.92 Å². The van der Waals surface area contributed by atoms with Gasteiger partial charge in [0, 0.05) is 19.5 Å². The molecule has 1 unspecified atom stereocenters. The summed E-state index contributed by atoms with van der Waals surface area (Å²) in [5.41, 5.74) is 0. The van der Waals surface area contributed by atoms with Crippen LogP contribution in [0.2, 0.25) is 0 Å². The van der Waals surface area contributed by atoms with E-state index in [1.807, 2.05) is 6.92 Å². The van der Waals surface area contributed by atoms with E-state index in [-0.39, 0.29) is 12.1 Å². The van der Waals surface area contributed by atoms with Gasteiger partial charge in [0.05, 0.1) is 13.2 Å². The molecule has 0 aromatic heterocycles. The Labute approximate surface area is 121 Å². The summed E-state index contributed by atoms with van der Waals surface area (Å²) in [7, 11) is 0. The van der Waals surface area contributed by atoms with Gasteiger partial charge in [-0.1, -0.05) is 13.3 Å². The van der Waals surface area contributed by atoms with Crippen molar-refractivity contribution in [1.82, 2.24) is 4.90 Å². The molecule has 0 spiro atoms. The number of esters is 1. The number of ether oxygens (including phenoxy) is 2. The molecule has 1 fully saturated rings. The first kappa shape index (κ1) is 16.8. The molecule has 0 radical (unpaired) electrons. The maximum atomic E-state index is 11.9. The van der Waals surface area contributed by atoms with Crippen molar-refractivity contribution in [2.75, 3.05) is 26.3 Å². The number of piperidine rings is 1. The van der Waals surface area contributed by atoms with Crippen LogP contribution in [0.25, 0.3) is 0 Å². The van der Waals surface area contributed by atoms with E-state index < -0.39 is 0 Å². The van der Waals surface area contributed by atoms with Crippen LogP contribution in [-0.2, 0) is 14.3 Å². The molecule has 0 aliphatic carbocycles. The van der Waals surface area contributed by atoms with Crippen LogP contribution < -0.4 is 0 Å². The lowest BCUT2D eigenvalue weighted by Crippen LogP contribution is -2.40. The lowest BCUT2D eigenvalue weighted by Gasteiger charge is -2.31. The first-order chi connectivity index (χ1) is 9.67. The molecule has 0 aromatic carbocycles. The second kappa shape index (κ2) is 9.61. The smallest absolute Gasteiger partial charge is 0.409 e. The van der Waals surface area contributed by atoms with Crippen molar-refractivity contribution in [3.8, 4) is 0 Å². The van der Waals surface area contributed by atoms with E-state index in [1.165, 1.54) is 0 Å². The van der Waals surface area contributed by atoms with E-state index in [9.17, 15) is 9.59 Å². The molecule has 0 bridgehead atoms. The number of hydrogen-bond donors (Lipinski definition) is 0. The van der Waals surface area contributed by atoms with Crippen molar-refractivity contribution in [2.45, 2.75) is 52.4 Å². The van der Waals surface area contributed by atoms with Crippen molar-refractivity contribution in [2.24, 2.45) is 5.92 Å². The van der Waals surface area contributed by atoms with Crippen LogP contribution in [0.4, 0.5) is 4.79 Å². The zero-order valence-corrected chi connectivity index (χ0v) is 12.7. The fraction of sp³-hybridized carbons (Fsp3) is 0.867. The van der Waals surface area contributed by atoms with Crippen LogP contribution >= 0.6 is 0 Å². The Bertz CT molecular complexity index is 306. The number of hydrogen-bond acceptors (Lipinski definition) is 4. The van der Waals surface area contributed by atoms with Crippen LogP contribution in [-0.4, -0.2) is 43.3 Å². The molecule has 5 nitrogen and oxygen atoms in total. The second-order valence-electron chi connectivity index (χ2n) is 5.27. The Morgan fingerprint density at radius 3 is 2.75 bits per heavy atom. The largest absolute Gasteiger partial charge is 0.466 e. The van der Waals surface area contributed by atoms with Crippen molar-refractivity contribution >= 4 is 12.1 Å². The summed E-state index contributed by atoms with van der Waals surface area (Å²) in [4.78, 5) is 25.0. The van der Waals surface area contributed by atoms with Crippen LogP contribution in [0.15, 0.2) is 0 Å². The molecule has 5 heteroatoms. The second-order valence-corrected chi connectivity index (χ2v) is 5.27. The van der Waals surface area contributed by atoms with Gasteiger partial charge in [-0.3, -0.25) is 4.79 Å². The third-order valence-corrected chi connectivity index (χ3v) is 3.56. The SMILES string of the molecule is CCCCOC(=O)N1CCCC(CCC(=O)OCC)C1. The molecule has 1 aliphatic rings. The van der Waals surface area contributed by atoms with Gasteiger partial charge in [-0.25, -0.2) is 4.79 Å². The van der Waals surface area contributed by atoms with Gasteiger partial charge in [0.2, 0.25) is 0 Å². The molecule has 20 heavy (non-hydrogen) atoms. The molecule has 1 amide bonds. The van der Waals surface area contributed by atoms with E-state index in [0.29, 0.717) is 32.1 Å². The Kier molecular flexibility index (Phi) is 8.07. The fourth-order valence-corrected chi connectivity index (χ4v) is 2.42. The number of rotatable bonds is 7. The monoisotopic (exact) mass is 285 g/mol. The van der Waals surface area contributed by atoms with E-state index in [0.717, 1.165) is 38.6 Å². The van der Waals surface area contributed by atoms with E-state index in [4.69, 9.17) is 9.47 Å². The summed E-state index contributed by atoms with van der Waals surface area (Å²) in [6.07, 6.45) is 5.00. The van der Waals surface area contributed by atoms with Crippen molar-refractivity contribution in [1.29, 1.82) is 0 Å². The van der Waals surface area contributed by atoms with E-state index in [2.05, 4.69) is 6.92 Å². The molecular formula is C15H27NO4. The lowest BCUT2D eigenvalue weighted by molar-refractivity contribution is -0.143. The number of carbonyl (C=O) groups excluding carboxylic acids is 2. The molecule has 0 N–H and O–H groups in total. The molecule has 1 atom stereocenters. The molecule has 1 saturated heterocycles. The van der Waals surface area contributed by atoms with Gasteiger partial charge in [0.15, 0.2) is 0 Å². The standard InChI is InChI=1S/C15H27NO4/c1-3-5-11-20-15(18)16-10-6-7-13(12-16)8-9-14(17)19-4-2/h13H,3-12H2,1-2H3. The van der Waals surface area contributed by atoms with Crippen molar-refractivity contribution in [3.05, 3.63) is 0 Å². The quantitative estimate of drug-likeness (QED) is 0.533.